The molecule has 19 heavy (non-hydrogen) atoms. The molecule has 2 rings (SSSR count). The van der Waals surface area contributed by atoms with Gasteiger partial charge in [-0.15, -0.1) is 0 Å². The standard InChI is InChI=1S/C15H20BrNO2/c1-11(18)14-7-2-3-8-17(14)15(19)10-12-5-4-6-13(16)9-12/h4-6,9,11,14,18H,2-3,7-8,10H2,1H3. The van der Waals surface area contributed by atoms with E-state index in [1.807, 2.05) is 29.2 Å². The summed E-state index contributed by atoms with van der Waals surface area (Å²) in [4.78, 5) is 14.2. The number of hydrogen-bond acceptors (Lipinski definition) is 2. The van der Waals surface area contributed by atoms with E-state index >= 15 is 0 Å². The van der Waals surface area contributed by atoms with Gasteiger partial charge >= 0.3 is 0 Å². The number of piperidine rings is 1. The van der Waals surface area contributed by atoms with Gasteiger partial charge in [0.05, 0.1) is 18.6 Å². The zero-order valence-electron chi connectivity index (χ0n) is 11.2. The van der Waals surface area contributed by atoms with Gasteiger partial charge in [0.15, 0.2) is 0 Å². The SMILES string of the molecule is CC(O)C1CCCCN1C(=O)Cc1cccc(Br)c1. The second kappa shape index (κ2) is 6.53. The summed E-state index contributed by atoms with van der Waals surface area (Å²) in [5.74, 6) is 0.115. The van der Waals surface area contributed by atoms with Crippen molar-refractivity contribution in [2.24, 2.45) is 0 Å². The summed E-state index contributed by atoms with van der Waals surface area (Å²) in [6.07, 6.45) is 2.99. The zero-order valence-corrected chi connectivity index (χ0v) is 12.8. The molecule has 1 amide bonds. The van der Waals surface area contributed by atoms with Crippen molar-refractivity contribution in [3.05, 3.63) is 34.3 Å². The first-order valence-electron chi connectivity index (χ1n) is 6.80. The number of aliphatic hydroxyl groups excluding tert-OH is 1. The van der Waals surface area contributed by atoms with Crippen LogP contribution in [0.4, 0.5) is 0 Å². The van der Waals surface area contributed by atoms with Gasteiger partial charge in [-0.05, 0) is 43.9 Å². The summed E-state index contributed by atoms with van der Waals surface area (Å²) in [6.45, 7) is 2.54. The van der Waals surface area contributed by atoms with Crippen molar-refractivity contribution < 1.29 is 9.90 Å². The number of aliphatic hydroxyl groups is 1. The maximum atomic E-state index is 12.4. The van der Waals surface area contributed by atoms with E-state index in [0.717, 1.165) is 35.8 Å². The van der Waals surface area contributed by atoms with Crippen molar-refractivity contribution >= 4 is 21.8 Å². The van der Waals surface area contributed by atoms with Crippen LogP contribution in [0.15, 0.2) is 28.7 Å². The average Bonchev–Trinajstić information content (AvgIpc) is 2.38. The summed E-state index contributed by atoms with van der Waals surface area (Å²) in [5, 5.41) is 9.81. The highest BCUT2D eigenvalue weighted by Crippen LogP contribution is 2.21. The van der Waals surface area contributed by atoms with E-state index in [9.17, 15) is 9.90 Å². The minimum absolute atomic E-state index is 0.0200. The van der Waals surface area contributed by atoms with Crippen LogP contribution in [0, 0.1) is 0 Å². The van der Waals surface area contributed by atoms with Crippen molar-refractivity contribution in [1.82, 2.24) is 4.90 Å². The van der Waals surface area contributed by atoms with E-state index in [0.29, 0.717) is 6.42 Å². The van der Waals surface area contributed by atoms with Gasteiger partial charge in [0.1, 0.15) is 0 Å². The molecule has 0 aromatic heterocycles. The highest BCUT2D eigenvalue weighted by Gasteiger charge is 2.29. The lowest BCUT2D eigenvalue weighted by atomic mass is 9.97. The van der Waals surface area contributed by atoms with Crippen LogP contribution in [0.3, 0.4) is 0 Å². The summed E-state index contributed by atoms with van der Waals surface area (Å²) >= 11 is 3.42. The molecule has 1 aromatic rings. The third-order valence-electron chi connectivity index (χ3n) is 3.67. The fourth-order valence-corrected chi connectivity index (χ4v) is 3.14. The van der Waals surface area contributed by atoms with Gasteiger partial charge < -0.3 is 10.0 Å². The van der Waals surface area contributed by atoms with Crippen LogP contribution in [0.5, 0.6) is 0 Å². The molecule has 1 N–H and O–H groups in total. The smallest absolute Gasteiger partial charge is 0.227 e. The minimum atomic E-state index is -0.452. The Balaban J connectivity index is 2.05. The normalized spacial score (nSPS) is 21.2. The quantitative estimate of drug-likeness (QED) is 0.928. The van der Waals surface area contributed by atoms with Gasteiger partial charge in [0, 0.05) is 11.0 Å². The van der Waals surface area contributed by atoms with Gasteiger partial charge in [0.2, 0.25) is 5.91 Å². The molecule has 104 valence electrons. The van der Waals surface area contributed by atoms with Crippen molar-refractivity contribution in [1.29, 1.82) is 0 Å². The highest BCUT2D eigenvalue weighted by molar-refractivity contribution is 9.10. The molecule has 1 fully saturated rings. The molecule has 1 aliphatic heterocycles. The monoisotopic (exact) mass is 325 g/mol. The van der Waals surface area contributed by atoms with E-state index in [4.69, 9.17) is 0 Å². The van der Waals surface area contributed by atoms with Crippen LogP contribution < -0.4 is 0 Å². The van der Waals surface area contributed by atoms with Crippen LogP contribution in [-0.2, 0) is 11.2 Å². The Hall–Kier alpha value is -0.870. The van der Waals surface area contributed by atoms with Crippen molar-refractivity contribution in [2.45, 2.75) is 44.8 Å². The fraction of sp³-hybridized carbons (Fsp3) is 0.533. The van der Waals surface area contributed by atoms with E-state index in [1.165, 1.54) is 0 Å². The molecule has 1 heterocycles. The van der Waals surface area contributed by atoms with Gasteiger partial charge in [-0.1, -0.05) is 28.1 Å². The molecule has 4 heteroatoms. The Labute approximate surface area is 122 Å². The minimum Gasteiger partial charge on any atom is -0.391 e. The summed E-state index contributed by atoms with van der Waals surface area (Å²) in [5.41, 5.74) is 1.01. The lowest BCUT2D eigenvalue weighted by Crippen LogP contribution is -2.49. The highest BCUT2D eigenvalue weighted by atomic mass is 79.9. The molecule has 0 spiro atoms. The molecule has 1 aromatic carbocycles. The van der Waals surface area contributed by atoms with Crippen LogP contribution in [-0.4, -0.2) is 34.6 Å². The van der Waals surface area contributed by atoms with Gasteiger partial charge in [-0.2, -0.15) is 0 Å². The van der Waals surface area contributed by atoms with Crippen LogP contribution in [0.1, 0.15) is 31.7 Å². The first kappa shape index (κ1) is 14.5. The van der Waals surface area contributed by atoms with E-state index < -0.39 is 6.10 Å². The van der Waals surface area contributed by atoms with E-state index in [-0.39, 0.29) is 11.9 Å². The van der Waals surface area contributed by atoms with Crippen LogP contribution in [0.2, 0.25) is 0 Å². The topological polar surface area (TPSA) is 40.5 Å². The van der Waals surface area contributed by atoms with Gasteiger partial charge in [-0.25, -0.2) is 0 Å². The second-order valence-electron chi connectivity index (χ2n) is 5.20. The second-order valence-corrected chi connectivity index (χ2v) is 6.11. The Morgan fingerprint density at radius 3 is 3.00 bits per heavy atom. The number of nitrogens with zero attached hydrogens (tertiary/aromatic N) is 1. The van der Waals surface area contributed by atoms with Crippen molar-refractivity contribution in [3.8, 4) is 0 Å². The Morgan fingerprint density at radius 1 is 1.53 bits per heavy atom. The molecule has 0 bridgehead atoms. The number of benzene rings is 1. The van der Waals surface area contributed by atoms with Crippen LogP contribution >= 0.6 is 15.9 Å². The number of hydrogen-bond donors (Lipinski definition) is 1. The first-order valence-corrected chi connectivity index (χ1v) is 7.59. The molecule has 0 saturated carbocycles. The largest absolute Gasteiger partial charge is 0.391 e. The van der Waals surface area contributed by atoms with Crippen molar-refractivity contribution in [2.75, 3.05) is 6.54 Å². The predicted molar refractivity (Wildman–Crippen MR) is 78.9 cm³/mol. The Morgan fingerprint density at radius 2 is 2.32 bits per heavy atom. The number of rotatable bonds is 3. The lowest BCUT2D eigenvalue weighted by Gasteiger charge is -2.37. The van der Waals surface area contributed by atoms with Gasteiger partial charge in [0.25, 0.3) is 0 Å². The van der Waals surface area contributed by atoms with Crippen molar-refractivity contribution in [3.63, 3.8) is 0 Å². The Kier molecular flexibility index (Phi) is 4.99. The zero-order chi connectivity index (χ0) is 13.8. The predicted octanol–water partition coefficient (Wildman–Crippen LogP) is 2.75. The van der Waals surface area contributed by atoms with E-state index in [1.54, 1.807) is 6.92 Å². The third kappa shape index (κ3) is 3.80. The Bertz CT molecular complexity index is 448. The molecule has 3 nitrogen and oxygen atoms in total. The number of carbonyl (C=O) groups excluding carboxylic acids is 1. The molecule has 0 aliphatic carbocycles. The number of amides is 1. The molecule has 1 aliphatic rings. The van der Waals surface area contributed by atoms with Gasteiger partial charge in [-0.3, -0.25) is 4.79 Å². The lowest BCUT2D eigenvalue weighted by molar-refractivity contribution is -0.136. The summed E-state index contributed by atoms with van der Waals surface area (Å²) in [6, 6.07) is 7.81. The average molecular weight is 326 g/mol. The number of carbonyl (C=O) groups is 1. The molecule has 0 radical (unpaired) electrons. The summed E-state index contributed by atoms with van der Waals surface area (Å²) in [7, 11) is 0. The first-order chi connectivity index (χ1) is 9.08. The molecule has 2 unspecified atom stereocenters. The molecule has 2 atom stereocenters. The molecular weight excluding hydrogens is 306 g/mol. The van der Waals surface area contributed by atoms with E-state index in [2.05, 4.69) is 15.9 Å². The van der Waals surface area contributed by atoms with Crippen LogP contribution in [0.25, 0.3) is 0 Å². The number of halogens is 1. The maximum absolute atomic E-state index is 12.4. The molecular formula is C15H20BrNO2. The third-order valence-corrected chi connectivity index (χ3v) is 4.16. The maximum Gasteiger partial charge on any atom is 0.227 e. The fourth-order valence-electron chi connectivity index (χ4n) is 2.69. The number of likely N-dealkylation sites (tertiary alicyclic amines) is 1. The summed E-state index contributed by atoms with van der Waals surface area (Å²) < 4.78 is 0.989. The molecule has 1 saturated heterocycles.